The number of halogens is 1. The maximum Gasteiger partial charge on any atom is 0.233 e. The normalized spacial score (nSPS) is 26.9. The Morgan fingerprint density at radius 1 is 0.826 bits per heavy atom. The predicted molar refractivity (Wildman–Crippen MR) is 172 cm³/mol. The molecular formula is C36H36ClNO8. The molecule has 0 unspecified atom stereocenters. The second-order valence-corrected chi connectivity index (χ2v) is 12.3. The van der Waals surface area contributed by atoms with Gasteiger partial charge in [-0.25, -0.2) is 0 Å². The van der Waals surface area contributed by atoms with Crippen LogP contribution < -0.4 is 4.90 Å². The van der Waals surface area contributed by atoms with Crippen molar-refractivity contribution in [3.63, 3.8) is 0 Å². The number of hydrogen-bond donors (Lipinski definition) is 6. The molecule has 2 fully saturated rings. The molecule has 0 bridgehead atoms. The van der Waals surface area contributed by atoms with Crippen molar-refractivity contribution in [3.05, 3.63) is 119 Å². The third-order valence-electron chi connectivity index (χ3n) is 9.05. The van der Waals surface area contributed by atoms with E-state index in [2.05, 4.69) is 0 Å². The zero-order valence-corrected chi connectivity index (χ0v) is 25.6. The number of aromatic hydroxyl groups is 1. The minimum absolute atomic E-state index is 0.0417. The van der Waals surface area contributed by atoms with Gasteiger partial charge in [-0.3, -0.25) is 4.79 Å². The van der Waals surface area contributed by atoms with E-state index in [1.165, 1.54) is 0 Å². The van der Waals surface area contributed by atoms with E-state index in [4.69, 9.17) is 16.3 Å². The Hall–Kier alpha value is -3.80. The Labute approximate surface area is 271 Å². The monoisotopic (exact) mass is 645 g/mol. The molecule has 4 aromatic carbocycles. The van der Waals surface area contributed by atoms with Gasteiger partial charge in [0.2, 0.25) is 5.91 Å². The van der Waals surface area contributed by atoms with Crippen LogP contribution in [0.3, 0.4) is 0 Å². The van der Waals surface area contributed by atoms with Crippen molar-refractivity contribution in [1.29, 1.82) is 0 Å². The number of amides is 1. The van der Waals surface area contributed by atoms with Crippen LogP contribution in [0.15, 0.2) is 97.1 Å². The Morgan fingerprint density at radius 3 is 2.28 bits per heavy atom. The molecule has 6 rings (SSSR count). The summed E-state index contributed by atoms with van der Waals surface area (Å²) in [5, 5.41) is 64.0. The van der Waals surface area contributed by atoms with Crippen molar-refractivity contribution in [2.45, 2.75) is 55.5 Å². The van der Waals surface area contributed by atoms with Gasteiger partial charge in [0.05, 0.1) is 24.7 Å². The molecule has 10 heteroatoms. The van der Waals surface area contributed by atoms with Crippen LogP contribution in [-0.2, 0) is 9.53 Å². The van der Waals surface area contributed by atoms with E-state index in [9.17, 15) is 35.4 Å². The van der Waals surface area contributed by atoms with Gasteiger partial charge in [-0.2, -0.15) is 0 Å². The molecule has 2 heterocycles. The molecule has 2 aliphatic rings. The highest BCUT2D eigenvalue weighted by Gasteiger charge is 2.49. The third-order valence-corrected chi connectivity index (χ3v) is 9.29. The minimum Gasteiger partial charge on any atom is -0.508 e. The molecule has 240 valence electrons. The molecule has 1 amide bonds. The maximum absolute atomic E-state index is 13.5. The van der Waals surface area contributed by atoms with Gasteiger partial charge in [-0.15, -0.1) is 0 Å². The SMILES string of the molecule is O=C1[C@H](CC[C@H](O)c2cccc(Cl)c2)[C@@H](c2ccc(-c3ccccc3[C@@H]3O[C@H](CO)[C@@H](O)[C@H](O)[C@H]3O)cc2O)N1c1ccccc1. The van der Waals surface area contributed by atoms with Crippen LogP contribution in [0.4, 0.5) is 5.69 Å². The predicted octanol–water partition coefficient (Wildman–Crippen LogP) is 4.45. The standard InChI is InChI=1S/C36H36ClNO8/c37-22-8-6-7-21(17-22)28(40)16-15-27-31(38(36(27)45)23-9-2-1-3-10-23)26-14-13-20(18-29(26)41)24-11-4-5-12-25(24)35-34(44)33(43)32(42)30(19-39)46-35/h1-14,17-18,27-28,30-35,39-44H,15-16,19H2/t27-,28+,30-,31-,32-,33+,34-,35+/m1/s1. The van der Waals surface area contributed by atoms with E-state index in [1.807, 2.05) is 36.4 Å². The largest absolute Gasteiger partial charge is 0.508 e. The third kappa shape index (κ3) is 6.03. The molecule has 9 nitrogen and oxygen atoms in total. The second-order valence-electron chi connectivity index (χ2n) is 11.9. The Balaban J connectivity index is 1.31. The van der Waals surface area contributed by atoms with Crippen LogP contribution >= 0.6 is 11.6 Å². The molecule has 0 saturated carbocycles. The van der Waals surface area contributed by atoms with Crippen molar-refractivity contribution in [3.8, 4) is 16.9 Å². The van der Waals surface area contributed by atoms with E-state index >= 15 is 0 Å². The van der Waals surface area contributed by atoms with E-state index in [0.29, 0.717) is 51.4 Å². The van der Waals surface area contributed by atoms with Crippen molar-refractivity contribution in [2.75, 3.05) is 11.5 Å². The van der Waals surface area contributed by atoms with Gasteiger partial charge in [-0.05, 0) is 65.4 Å². The number of aliphatic hydroxyl groups excluding tert-OH is 5. The molecule has 0 aromatic heterocycles. The van der Waals surface area contributed by atoms with Gasteiger partial charge in [0.15, 0.2) is 0 Å². The van der Waals surface area contributed by atoms with Gasteiger partial charge in [0.25, 0.3) is 0 Å². The van der Waals surface area contributed by atoms with Gasteiger partial charge in [0, 0.05) is 16.3 Å². The molecule has 4 aromatic rings. The van der Waals surface area contributed by atoms with Gasteiger partial charge in [0.1, 0.15) is 36.3 Å². The van der Waals surface area contributed by atoms with Crippen molar-refractivity contribution >= 4 is 23.2 Å². The Morgan fingerprint density at radius 2 is 1.57 bits per heavy atom. The lowest BCUT2D eigenvalue weighted by atomic mass is 9.77. The number of nitrogens with zero attached hydrogens (tertiary/aromatic N) is 1. The summed E-state index contributed by atoms with van der Waals surface area (Å²) >= 11 is 6.11. The number of β-lactam (4-membered cyclic amide) rings is 1. The van der Waals surface area contributed by atoms with Crippen molar-refractivity contribution in [1.82, 2.24) is 0 Å². The summed E-state index contributed by atoms with van der Waals surface area (Å²) in [6.07, 6.45) is -6.72. The number of aliphatic hydroxyl groups is 5. The zero-order valence-electron chi connectivity index (χ0n) is 24.8. The minimum atomic E-state index is -1.53. The summed E-state index contributed by atoms with van der Waals surface area (Å²) in [5.74, 6) is -0.641. The topological polar surface area (TPSA) is 151 Å². The molecule has 0 aliphatic carbocycles. The maximum atomic E-state index is 13.5. The Kier molecular flexibility index (Phi) is 9.44. The highest BCUT2D eigenvalue weighted by molar-refractivity contribution is 6.30. The highest BCUT2D eigenvalue weighted by atomic mass is 35.5. The zero-order chi connectivity index (χ0) is 32.5. The summed E-state index contributed by atoms with van der Waals surface area (Å²) < 4.78 is 5.83. The number of para-hydroxylation sites is 1. The molecule has 0 radical (unpaired) electrons. The van der Waals surface area contributed by atoms with E-state index in [0.717, 1.165) is 0 Å². The fraction of sp³-hybridized carbons (Fsp3) is 0.306. The number of carbonyl (C=O) groups is 1. The van der Waals surface area contributed by atoms with Gasteiger partial charge in [-0.1, -0.05) is 78.3 Å². The summed E-state index contributed by atoms with van der Waals surface area (Å²) in [4.78, 5) is 15.2. The Bertz CT molecular complexity index is 1680. The first-order valence-corrected chi connectivity index (χ1v) is 15.6. The number of rotatable bonds is 9. The van der Waals surface area contributed by atoms with E-state index in [-0.39, 0.29) is 11.7 Å². The number of phenolic OH excluding ortho intramolecular Hbond substituents is 1. The van der Waals surface area contributed by atoms with Crippen LogP contribution in [0.5, 0.6) is 5.75 Å². The summed E-state index contributed by atoms with van der Waals surface area (Å²) in [5.41, 5.74) is 3.61. The lowest BCUT2D eigenvalue weighted by Crippen LogP contribution is -2.55. The average Bonchev–Trinajstić information content (AvgIpc) is 3.07. The van der Waals surface area contributed by atoms with Crippen LogP contribution in [0.25, 0.3) is 11.1 Å². The summed E-state index contributed by atoms with van der Waals surface area (Å²) in [7, 11) is 0. The first kappa shape index (κ1) is 32.2. The van der Waals surface area contributed by atoms with Crippen LogP contribution in [-0.4, -0.2) is 67.6 Å². The lowest BCUT2D eigenvalue weighted by molar-refractivity contribution is -0.231. The van der Waals surface area contributed by atoms with Gasteiger partial charge < -0.3 is 40.3 Å². The molecule has 46 heavy (non-hydrogen) atoms. The molecule has 0 spiro atoms. The molecule has 6 N–H and O–H groups in total. The van der Waals surface area contributed by atoms with E-state index < -0.39 is 55.2 Å². The number of anilines is 1. The molecule has 2 aliphatic heterocycles. The first-order valence-electron chi connectivity index (χ1n) is 15.2. The smallest absolute Gasteiger partial charge is 0.233 e. The number of phenols is 1. The molecule has 2 saturated heterocycles. The second kappa shape index (κ2) is 13.5. The van der Waals surface area contributed by atoms with Crippen LogP contribution in [0.1, 0.15) is 47.8 Å². The van der Waals surface area contributed by atoms with E-state index in [1.54, 1.807) is 65.6 Å². The lowest BCUT2D eigenvalue weighted by Gasteiger charge is -2.48. The quantitative estimate of drug-likeness (QED) is 0.146. The molecule has 8 atom stereocenters. The van der Waals surface area contributed by atoms with Crippen molar-refractivity contribution in [2.24, 2.45) is 5.92 Å². The average molecular weight is 646 g/mol. The van der Waals surface area contributed by atoms with Crippen LogP contribution in [0.2, 0.25) is 5.02 Å². The van der Waals surface area contributed by atoms with Gasteiger partial charge >= 0.3 is 0 Å². The number of carbonyl (C=O) groups excluding carboxylic acids is 1. The number of ether oxygens (including phenoxy) is 1. The van der Waals surface area contributed by atoms with Crippen LogP contribution in [0, 0.1) is 5.92 Å². The van der Waals surface area contributed by atoms with Crippen molar-refractivity contribution < 1.29 is 40.2 Å². The summed E-state index contributed by atoms with van der Waals surface area (Å²) in [6, 6.07) is 27.9. The fourth-order valence-electron chi connectivity index (χ4n) is 6.61. The fourth-order valence-corrected chi connectivity index (χ4v) is 6.81. The summed E-state index contributed by atoms with van der Waals surface area (Å²) in [6.45, 7) is -0.547. The number of benzene rings is 4. The first-order chi connectivity index (χ1) is 22.2. The molecular weight excluding hydrogens is 610 g/mol. The number of hydrogen-bond acceptors (Lipinski definition) is 8. The highest BCUT2D eigenvalue weighted by Crippen LogP contribution is 2.49.